The van der Waals surface area contributed by atoms with E-state index in [2.05, 4.69) is 10.6 Å². The average Bonchev–Trinajstić information content (AvgIpc) is 2.38. The first-order valence-corrected chi connectivity index (χ1v) is 6.50. The van der Waals surface area contributed by atoms with Crippen LogP contribution in [0.5, 0.6) is 0 Å². The van der Waals surface area contributed by atoms with E-state index in [0.717, 1.165) is 34.5 Å². The SMILES string of the molecule is Clc1ccccc1NCCNc1ccccc1Cl. The van der Waals surface area contributed by atoms with Crippen LogP contribution in [0.15, 0.2) is 48.5 Å². The van der Waals surface area contributed by atoms with Gasteiger partial charge in [0.25, 0.3) is 0 Å². The fourth-order valence-electron chi connectivity index (χ4n) is 1.60. The van der Waals surface area contributed by atoms with Gasteiger partial charge in [-0.3, -0.25) is 0 Å². The highest BCUT2D eigenvalue weighted by molar-refractivity contribution is 6.33. The van der Waals surface area contributed by atoms with Crippen LogP contribution >= 0.6 is 23.2 Å². The first-order valence-electron chi connectivity index (χ1n) is 5.74. The monoisotopic (exact) mass is 280 g/mol. The molecule has 0 radical (unpaired) electrons. The summed E-state index contributed by atoms with van der Waals surface area (Å²) in [6.07, 6.45) is 0. The van der Waals surface area contributed by atoms with E-state index in [-0.39, 0.29) is 0 Å². The summed E-state index contributed by atoms with van der Waals surface area (Å²) in [5, 5.41) is 7.99. The molecule has 0 atom stereocenters. The van der Waals surface area contributed by atoms with Gasteiger partial charge < -0.3 is 10.6 Å². The number of hydrogen-bond donors (Lipinski definition) is 2. The Bertz CT molecular complexity index is 467. The molecule has 0 heterocycles. The van der Waals surface area contributed by atoms with Crippen molar-refractivity contribution in [2.45, 2.75) is 0 Å². The maximum atomic E-state index is 6.04. The predicted octanol–water partition coefficient (Wildman–Crippen LogP) is 4.52. The van der Waals surface area contributed by atoms with Gasteiger partial charge in [0.15, 0.2) is 0 Å². The van der Waals surface area contributed by atoms with Crippen molar-refractivity contribution in [3.8, 4) is 0 Å². The smallest absolute Gasteiger partial charge is 0.0637 e. The Kier molecular flexibility index (Phi) is 4.73. The van der Waals surface area contributed by atoms with E-state index >= 15 is 0 Å². The van der Waals surface area contributed by atoms with E-state index in [1.807, 2.05) is 48.5 Å². The first kappa shape index (κ1) is 13.1. The maximum Gasteiger partial charge on any atom is 0.0637 e. The Labute approximate surface area is 117 Å². The lowest BCUT2D eigenvalue weighted by Gasteiger charge is -2.10. The summed E-state index contributed by atoms with van der Waals surface area (Å²) in [5.74, 6) is 0. The Morgan fingerprint density at radius 2 is 1.06 bits per heavy atom. The molecule has 0 aliphatic heterocycles. The van der Waals surface area contributed by atoms with Crippen LogP contribution in [0.2, 0.25) is 10.0 Å². The van der Waals surface area contributed by atoms with Gasteiger partial charge in [0.2, 0.25) is 0 Å². The number of halogens is 2. The fourth-order valence-corrected chi connectivity index (χ4v) is 2.01. The molecule has 0 bridgehead atoms. The Balaban J connectivity index is 1.80. The van der Waals surface area contributed by atoms with E-state index in [9.17, 15) is 0 Å². The topological polar surface area (TPSA) is 24.1 Å². The Hall–Kier alpha value is -1.38. The Morgan fingerprint density at radius 3 is 1.44 bits per heavy atom. The number of para-hydroxylation sites is 2. The molecule has 0 amide bonds. The summed E-state index contributed by atoms with van der Waals surface area (Å²) in [5.41, 5.74) is 1.89. The minimum Gasteiger partial charge on any atom is -0.382 e. The van der Waals surface area contributed by atoms with Gasteiger partial charge in [-0.1, -0.05) is 47.5 Å². The molecule has 2 N–H and O–H groups in total. The van der Waals surface area contributed by atoms with E-state index in [1.165, 1.54) is 0 Å². The molecule has 0 unspecified atom stereocenters. The van der Waals surface area contributed by atoms with Crippen molar-refractivity contribution in [1.29, 1.82) is 0 Å². The largest absolute Gasteiger partial charge is 0.382 e. The van der Waals surface area contributed by atoms with Gasteiger partial charge in [-0.25, -0.2) is 0 Å². The highest BCUT2D eigenvalue weighted by atomic mass is 35.5. The van der Waals surface area contributed by atoms with Gasteiger partial charge in [-0.2, -0.15) is 0 Å². The predicted molar refractivity (Wildman–Crippen MR) is 79.9 cm³/mol. The van der Waals surface area contributed by atoms with Gasteiger partial charge in [-0.15, -0.1) is 0 Å². The number of anilines is 2. The fraction of sp³-hybridized carbons (Fsp3) is 0.143. The summed E-state index contributed by atoms with van der Waals surface area (Å²) in [7, 11) is 0. The normalized spacial score (nSPS) is 10.1. The standard InChI is InChI=1S/C14H14Cl2N2/c15-11-5-1-3-7-13(11)17-9-10-18-14-8-4-2-6-12(14)16/h1-8,17-18H,9-10H2. The minimum absolute atomic E-state index is 0.732. The second-order valence-corrected chi connectivity index (χ2v) is 4.63. The lowest BCUT2D eigenvalue weighted by atomic mass is 10.3. The summed E-state index contributed by atoms with van der Waals surface area (Å²) in [4.78, 5) is 0. The molecule has 18 heavy (non-hydrogen) atoms. The van der Waals surface area contributed by atoms with Gasteiger partial charge in [0, 0.05) is 13.1 Å². The van der Waals surface area contributed by atoms with Crippen molar-refractivity contribution in [3.05, 3.63) is 58.6 Å². The minimum atomic E-state index is 0.732. The highest BCUT2D eigenvalue weighted by Gasteiger charge is 1.98. The molecular formula is C14H14Cl2N2. The molecule has 4 heteroatoms. The van der Waals surface area contributed by atoms with E-state index in [4.69, 9.17) is 23.2 Å². The molecule has 2 aromatic rings. The van der Waals surface area contributed by atoms with Crippen molar-refractivity contribution < 1.29 is 0 Å². The summed E-state index contributed by atoms with van der Waals surface area (Å²) in [6.45, 7) is 1.55. The number of hydrogen-bond acceptors (Lipinski definition) is 2. The Morgan fingerprint density at radius 1 is 0.667 bits per heavy atom. The third kappa shape index (κ3) is 3.56. The second kappa shape index (κ2) is 6.53. The van der Waals surface area contributed by atoms with Crippen LogP contribution in [0.1, 0.15) is 0 Å². The van der Waals surface area contributed by atoms with Crippen molar-refractivity contribution in [3.63, 3.8) is 0 Å². The molecule has 2 aromatic carbocycles. The molecule has 0 fully saturated rings. The number of nitrogens with one attached hydrogen (secondary N) is 2. The molecule has 2 nitrogen and oxygen atoms in total. The van der Waals surface area contributed by atoms with Crippen LogP contribution in [-0.2, 0) is 0 Å². The van der Waals surface area contributed by atoms with Gasteiger partial charge in [0.05, 0.1) is 21.4 Å². The van der Waals surface area contributed by atoms with Crippen LogP contribution < -0.4 is 10.6 Å². The molecule has 2 rings (SSSR count). The third-order valence-corrected chi connectivity index (χ3v) is 3.16. The molecule has 0 saturated heterocycles. The van der Waals surface area contributed by atoms with E-state index in [1.54, 1.807) is 0 Å². The van der Waals surface area contributed by atoms with Crippen molar-refractivity contribution in [2.24, 2.45) is 0 Å². The molecule has 0 saturated carbocycles. The maximum absolute atomic E-state index is 6.04. The highest BCUT2D eigenvalue weighted by Crippen LogP contribution is 2.21. The lowest BCUT2D eigenvalue weighted by molar-refractivity contribution is 1.08. The zero-order valence-electron chi connectivity index (χ0n) is 9.79. The molecule has 0 aromatic heterocycles. The lowest BCUT2D eigenvalue weighted by Crippen LogP contribution is -2.13. The van der Waals surface area contributed by atoms with Gasteiger partial charge in [0.1, 0.15) is 0 Å². The van der Waals surface area contributed by atoms with E-state index in [0.29, 0.717) is 0 Å². The molecule has 0 aliphatic carbocycles. The van der Waals surface area contributed by atoms with Crippen LogP contribution in [0, 0.1) is 0 Å². The summed E-state index contributed by atoms with van der Waals surface area (Å²) < 4.78 is 0. The summed E-state index contributed by atoms with van der Waals surface area (Å²) in [6, 6.07) is 15.4. The van der Waals surface area contributed by atoms with E-state index < -0.39 is 0 Å². The number of benzene rings is 2. The zero-order valence-corrected chi connectivity index (χ0v) is 11.3. The van der Waals surface area contributed by atoms with Crippen molar-refractivity contribution in [2.75, 3.05) is 23.7 Å². The second-order valence-electron chi connectivity index (χ2n) is 3.81. The van der Waals surface area contributed by atoms with Crippen molar-refractivity contribution >= 4 is 34.6 Å². The number of rotatable bonds is 5. The van der Waals surface area contributed by atoms with Crippen LogP contribution in [-0.4, -0.2) is 13.1 Å². The third-order valence-electron chi connectivity index (χ3n) is 2.50. The van der Waals surface area contributed by atoms with Crippen LogP contribution in [0.25, 0.3) is 0 Å². The zero-order chi connectivity index (χ0) is 12.8. The quantitative estimate of drug-likeness (QED) is 0.787. The van der Waals surface area contributed by atoms with Crippen molar-refractivity contribution in [1.82, 2.24) is 0 Å². The average molecular weight is 281 g/mol. The molecular weight excluding hydrogens is 267 g/mol. The van der Waals surface area contributed by atoms with Gasteiger partial charge >= 0.3 is 0 Å². The molecule has 94 valence electrons. The molecule has 0 spiro atoms. The first-order chi connectivity index (χ1) is 8.77. The molecule has 0 aliphatic rings. The van der Waals surface area contributed by atoms with Crippen LogP contribution in [0.3, 0.4) is 0 Å². The van der Waals surface area contributed by atoms with Gasteiger partial charge in [-0.05, 0) is 24.3 Å². The van der Waals surface area contributed by atoms with Crippen LogP contribution in [0.4, 0.5) is 11.4 Å². The summed E-state index contributed by atoms with van der Waals surface area (Å²) >= 11 is 12.1.